The van der Waals surface area contributed by atoms with Crippen LogP contribution in [0.3, 0.4) is 0 Å². The average Bonchev–Trinajstić information content (AvgIpc) is 2.32. The number of piperidine rings is 1. The maximum Gasteiger partial charge on any atom is 0.0491 e. The van der Waals surface area contributed by atoms with Crippen LogP contribution < -0.4 is 5.32 Å². The molecule has 1 atom stereocenters. The summed E-state index contributed by atoms with van der Waals surface area (Å²) in [6.45, 7) is 14.9. The van der Waals surface area contributed by atoms with E-state index in [1.54, 1.807) is 0 Å². The molecule has 1 fully saturated rings. The molecule has 0 bridgehead atoms. The molecule has 1 unspecified atom stereocenters. The fourth-order valence-corrected chi connectivity index (χ4v) is 2.84. The Morgan fingerprint density at radius 1 is 1.33 bits per heavy atom. The molecule has 1 aliphatic heterocycles. The SMILES string of the molecule is CCNC(C)C(C)(C)CN1CCC(COC)CC1. The van der Waals surface area contributed by atoms with Crippen molar-refractivity contribution in [2.45, 2.75) is 46.6 Å². The largest absolute Gasteiger partial charge is 0.384 e. The highest BCUT2D eigenvalue weighted by molar-refractivity contribution is 4.85. The molecule has 108 valence electrons. The third-order valence-corrected chi connectivity index (χ3v) is 4.42. The first-order valence-corrected chi connectivity index (χ1v) is 7.44. The van der Waals surface area contributed by atoms with Crippen LogP contribution in [0, 0.1) is 11.3 Å². The van der Waals surface area contributed by atoms with Gasteiger partial charge in [0.2, 0.25) is 0 Å². The topological polar surface area (TPSA) is 24.5 Å². The van der Waals surface area contributed by atoms with E-state index in [0.29, 0.717) is 11.5 Å². The van der Waals surface area contributed by atoms with Crippen LogP contribution in [0.15, 0.2) is 0 Å². The zero-order chi connectivity index (χ0) is 13.6. The van der Waals surface area contributed by atoms with Gasteiger partial charge in [-0.05, 0) is 50.7 Å². The summed E-state index contributed by atoms with van der Waals surface area (Å²) in [4.78, 5) is 2.62. The van der Waals surface area contributed by atoms with Crippen LogP contribution in [0.25, 0.3) is 0 Å². The lowest BCUT2D eigenvalue weighted by molar-refractivity contribution is 0.0728. The molecule has 1 rings (SSSR count). The summed E-state index contributed by atoms with van der Waals surface area (Å²) in [7, 11) is 1.81. The van der Waals surface area contributed by atoms with E-state index < -0.39 is 0 Å². The van der Waals surface area contributed by atoms with E-state index in [2.05, 4.69) is 37.9 Å². The van der Waals surface area contributed by atoms with Gasteiger partial charge in [0.15, 0.2) is 0 Å². The quantitative estimate of drug-likeness (QED) is 0.757. The van der Waals surface area contributed by atoms with E-state index >= 15 is 0 Å². The molecule has 0 aromatic carbocycles. The van der Waals surface area contributed by atoms with Crippen molar-refractivity contribution in [2.75, 3.05) is 39.9 Å². The molecule has 0 saturated carbocycles. The van der Waals surface area contributed by atoms with Gasteiger partial charge in [0, 0.05) is 26.3 Å². The number of hydrogen-bond donors (Lipinski definition) is 1. The third kappa shape index (κ3) is 4.87. The van der Waals surface area contributed by atoms with Crippen LogP contribution in [0.2, 0.25) is 0 Å². The summed E-state index contributed by atoms with van der Waals surface area (Å²) in [5.74, 6) is 0.778. The zero-order valence-electron chi connectivity index (χ0n) is 13.0. The van der Waals surface area contributed by atoms with E-state index in [4.69, 9.17) is 4.74 Å². The van der Waals surface area contributed by atoms with Crippen molar-refractivity contribution >= 4 is 0 Å². The molecule has 18 heavy (non-hydrogen) atoms. The number of rotatable bonds is 7. The molecule has 0 spiro atoms. The predicted octanol–water partition coefficient (Wildman–Crippen LogP) is 2.37. The molecular weight excluding hydrogens is 224 g/mol. The highest BCUT2D eigenvalue weighted by Crippen LogP contribution is 2.25. The number of methoxy groups -OCH3 is 1. The van der Waals surface area contributed by atoms with Crippen LogP contribution in [-0.4, -0.2) is 50.8 Å². The summed E-state index contributed by atoms with van der Waals surface area (Å²) in [6.07, 6.45) is 2.58. The van der Waals surface area contributed by atoms with Gasteiger partial charge in [-0.25, -0.2) is 0 Å². The number of ether oxygens (including phenoxy) is 1. The first kappa shape index (κ1) is 15.9. The van der Waals surface area contributed by atoms with Crippen molar-refractivity contribution in [3.8, 4) is 0 Å². The summed E-state index contributed by atoms with van der Waals surface area (Å²) < 4.78 is 5.26. The highest BCUT2D eigenvalue weighted by atomic mass is 16.5. The van der Waals surface area contributed by atoms with E-state index in [-0.39, 0.29) is 0 Å². The van der Waals surface area contributed by atoms with Crippen molar-refractivity contribution < 1.29 is 4.74 Å². The lowest BCUT2D eigenvalue weighted by atomic mass is 9.83. The van der Waals surface area contributed by atoms with Crippen molar-refractivity contribution in [1.29, 1.82) is 0 Å². The monoisotopic (exact) mass is 256 g/mol. The van der Waals surface area contributed by atoms with Gasteiger partial charge in [-0.3, -0.25) is 0 Å². The second kappa shape index (κ2) is 7.46. The molecule has 3 nitrogen and oxygen atoms in total. The molecule has 0 aromatic heterocycles. The van der Waals surface area contributed by atoms with Gasteiger partial charge in [0.05, 0.1) is 0 Å². The van der Waals surface area contributed by atoms with Crippen LogP contribution >= 0.6 is 0 Å². The molecular formula is C15H32N2O. The Bertz CT molecular complexity index is 223. The summed E-state index contributed by atoms with van der Waals surface area (Å²) in [5, 5.41) is 3.56. The van der Waals surface area contributed by atoms with Gasteiger partial charge in [0.1, 0.15) is 0 Å². The second-order valence-corrected chi connectivity index (χ2v) is 6.44. The fraction of sp³-hybridized carbons (Fsp3) is 1.00. The van der Waals surface area contributed by atoms with Crippen LogP contribution in [0.1, 0.15) is 40.5 Å². The van der Waals surface area contributed by atoms with Crippen LogP contribution in [0.5, 0.6) is 0 Å². The van der Waals surface area contributed by atoms with Gasteiger partial charge in [-0.2, -0.15) is 0 Å². The standard InChI is InChI=1S/C15H32N2O/c1-6-16-13(2)15(3,4)12-17-9-7-14(8-10-17)11-18-5/h13-14,16H,6-12H2,1-5H3. The number of likely N-dealkylation sites (tertiary alicyclic amines) is 1. The minimum absolute atomic E-state index is 0.337. The molecule has 1 saturated heterocycles. The maximum atomic E-state index is 5.26. The minimum Gasteiger partial charge on any atom is -0.384 e. The van der Waals surface area contributed by atoms with Crippen LogP contribution in [-0.2, 0) is 4.74 Å². The summed E-state index contributed by atoms with van der Waals surface area (Å²) in [5.41, 5.74) is 0.337. The predicted molar refractivity (Wildman–Crippen MR) is 78.0 cm³/mol. The van der Waals surface area contributed by atoms with Gasteiger partial charge < -0.3 is 15.0 Å². The van der Waals surface area contributed by atoms with Crippen molar-refractivity contribution in [3.63, 3.8) is 0 Å². The number of hydrogen-bond acceptors (Lipinski definition) is 3. The Morgan fingerprint density at radius 3 is 2.44 bits per heavy atom. The Kier molecular flexibility index (Phi) is 6.61. The molecule has 1 N–H and O–H groups in total. The lowest BCUT2D eigenvalue weighted by Crippen LogP contribution is -2.48. The third-order valence-electron chi connectivity index (χ3n) is 4.42. The lowest BCUT2D eigenvalue weighted by Gasteiger charge is -2.40. The van der Waals surface area contributed by atoms with E-state index in [0.717, 1.165) is 19.1 Å². The van der Waals surface area contributed by atoms with Gasteiger partial charge in [0.25, 0.3) is 0 Å². The minimum atomic E-state index is 0.337. The zero-order valence-corrected chi connectivity index (χ0v) is 13.0. The smallest absolute Gasteiger partial charge is 0.0491 e. The molecule has 0 amide bonds. The summed E-state index contributed by atoms with van der Waals surface area (Å²) in [6, 6.07) is 0.569. The van der Waals surface area contributed by atoms with E-state index in [1.165, 1.54) is 32.5 Å². The fourth-order valence-electron chi connectivity index (χ4n) is 2.84. The highest BCUT2D eigenvalue weighted by Gasteiger charge is 2.29. The van der Waals surface area contributed by atoms with Crippen molar-refractivity contribution in [1.82, 2.24) is 10.2 Å². The van der Waals surface area contributed by atoms with Gasteiger partial charge in [-0.1, -0.05) is 20.8 Å². The first-order valence-electron chi connectivity index (χ1n) is 7.44. The van der Waals surface area contributed by atoms with Gasteiger partial charge >= 0.3 is 0 Å². The molecule has 1 aliphatic rings. The molecule has 0 aliphatic carbocycles. The summed E-state index contributed by atoms with van der Waals surface area (Å²) >= 11 is 0. The van der Waals surface area contributed by atoms with Crippen molar-refractivity contribution in [3.05, 3.63) is 0 Å². The van der Waals surface area contributed by atoms with Crippen LogP contribution in [0.4, 0.5) is 0 Å². The molecule has 0 radical (unpaired) electrons. The Morgan fingerprint density at radius 2 is 1.94 bits per heavy atom. The molecule has 3 heteroatoms. The van der Waals surface area contributed by atoms with Gasteiger partial charge in [-0.15, -0.1) is 0 Å². The first-order chi connectivity index (χ1) is 8.49. The van der Waals surface area contributed by atoms with E-state index in [1.807, 2.05) is 7.11 Å². The molecule has 1 heterocycles. The Hall–Kier alpha value is -0.120. The number of nitrogens with one attached hydrogen (secondary N) is 1. The normalized spacial score (nSPS) is 21.2. The van der Waals surface area contributed by atoms with E-state index in [9.17, 15) is 0 Å². The Balaban J connectivity index is 2.35. The molecule has 0 aromatic rings. The second-order valence-electron chi connectivity index (χ2n) is 6.44. The van der Waals surface area contributed by atoms with Crippen molar-refractivity contribution in [2.24, 2.45) is 11.3 Å². The maximum absolute atomic E-state index is 5.26. The average molecular weight is 256 g/mol. The Labute approximate surface area is 113 Å². The number of nitrogens with zero attached hydrogens (tertiary/aromatic N) is 1.